The number of ether oxygens (including phenoxy) is 2. The van der Waals surface area contributed by atoms with Crippen LogP contribution in [0.4, 0.5) is 8.78 Å². The largest absolute Gasteiger partial charge is 0.493 e. The van der Waals surface area contributed by atoms with E-state index in [-0.39, 0.29) is 23.3 Å². The van der Waals surface area contributed by atoms with E-state index in [1.165, 1.54) is 12.1 Å². The molecule has 6 nitrogen and oxygen atoms in total. The Hall–Kier alpha value is -2.61. The summed E-state index contributed by atoms with van der Waals surface area (Å²) in [5.74, 6) is -0.780. The minimum atomic E-state index is -0.727. The molecule has 0 amide bonds. The summed E-state index contributed by atoms with van der Waals surface area (Å²) >= 11 is 0. The summed E-state index contributed by atoms with van der Waals surface area (Å²) in [5, 5.41) is 3.19. The van der Waals surface area contributed by atoms with Crippen molar-refractivity contribution in [1.82, 2.24) is 5.32 Å². The van der Waals surface area contributed by atoms with Gasteiger partial charge in [0.05, 0.1) is 13.2 Å². The third kappa shape index (κ3) is 9.04. The molecule has 2 atom stereocenters. The number of halogens is 2. The average Bonchev–Trinajstić information content (AvgIpc) is 3.21. The fourth-order valence-electron chi connectivity index (χ4n) is 3.57. The number of nitrogens with zero attached hydrogens (tertiary/aromatic N) is 3. The fraction of sp³-hybridized carbons (Fsp3) is 0.560. The number of aliphatic imine (C=N–C) groups is 3. The van der Waals surface area contributed by atoms with Gasteiger partial charge in [-0.15, -0.1) is 0 Å². The zero-order chi connectivity index (χ0) is 24.1. The Kier molecular flexibility index (Phi) is 11.7. The molecule has 0 fully saturated rings. The number of hydrogen-bond acceptors (Lipinski definition) is 6. The van der Waals surface area contributed by atoms with Crippen LogP contribution in [0.15, 0.2) is 38.9 Å². The third-order valence-electron chi connectivity index (χ3n) is 5.45. The van der Waals surface area contributed by atoms with E-state index in [2.05, 4.69) is 33.9 Å². The molecule has 33 heavy (non-hydrogen) atoms. The second-order valence-corrected chi connectivity index (χ2v) is 8.15. The second-order valence-electron chi connectivity index (χ2n) is 8.15. The van der Waals surface area contributed by atoms with Gasteiger partial charge in [0.2, 0.25) is 5.90 Å². The van der Waals surface area contributed by atoms with Crippen molar-refractivity contribution in [2.45, 2.75) is 52.1 Å². The highest BCUT2D eigenvalue weighted by Crippen LogP contribution is 2.24. The number of allylic oxidation sites excluding steroid dienone is 1. The first-order chi connectivity index (χ1) is 16.0. The lowest BCUT2D eigenvalue weighted by atomic mass is 9.96. The van der Waals surface area contributed by atoms with Gasteiger partial charge in [0.1, 0.15) is 29.1 Å². The predicted molar refractivity (Wildman–Crippen MR) is 131 cm³/mol. The van der Waals surface area contributed by atoms with E-state index < -0.39 is 11.6 Å². The monoisotopic (exact) mass is 462 g/mol. The van der Waals surface area contributed by atoms with Crippen molar-refractivity contribution in [1.29, 1.82) is 0 Å². The predicted octanol–water partition coefficient (Wildman–Crippen LogP) is 4.97. The van der Waals surface area contributed by atoms with E-state index in [0.29, 0.717) is 19.1 Å². The summed E-state index contributed by atoms with van der Waals surface area (Å²) < 4.78 is 39.9. The number of nitrogens with one attached hydrogen (secondary N) is 1. The van der Waals surface area contributed by atoms with Crippen LogP contribution in [-0.2, 0) is 4.74 Å². The molecule has 0 bridgehead atoms. The molecule has 0 radical (unpaired) electrons. The Bertz CT molecular complexity index is 832. The van der Waals surface area contributed by atoms with Crippen molar-refractivity contribution >= 4 is 18.8 Å². The molecule has 2 unspecified atom stereocenters. The highest BCUT2D eigenvalue weighted by Gasteiger charge is 2.24. The molecule has 1 heterocycles. The van der Waals surface area contributed by atoms with Gasteiger partial charge in [-0.25, -0.2) is 13.8 Å². The summed E-state index contributed by atoms with van der Waals surface area (Å²) in [4.78, 5) is 12.4. The Morgan fingerprint density at radius 2 is 2.09 bits per heavy atom. The van der Waals surface area contributed by atoms with Crippen LogP contribution >= 0.6 is 0 Å². The lowest BCUT2D eigenvalue weighted by Gasteiger charge is -2.16. The van der Waals surface area contributed by atoms with Crippen molar-refractivity contribution in [3.63, 3.8) is 0 Å². The van der Waals surface area contributed by atoms with Gasteiger partial charge in [0.25, 0.3) is 0 Å². The van der Waals surface area contributed by atoms with Crippen LogP contribution in [0.25, 0.3) is 0 Å². The van der Waals surface area contributed by atoms with Crippen LogP contribution in [0, 0.1) is 17.6 Å². The Balaban J connectivity index is 1.83. The molecular formula is C25H36F2N4O2. The highest BCUT2D eigenvalue weighted by molar-refractivity contribution is 5.95. The average molecular weight is 463 g/mol. The maximum Gasteiger partial charge on any atom is 0.222 e. The van der Waals surface area contributed by atoms with Gasteiger partial charge in [0.15, 0.2) is 0 Å². The molecular weight excluding hydrogens is 426 g/mol. The van der Waals surface area contributed by atoms with Crippen LogP contribution in [0.5, 0.6) is 5.75 Å². The van der Waals surface area contributed by atoms with Gasteiger partial charge in [-0.3, -0.25) is 9.98 Å². The fourth-order valence-corrected chi connectivity index (χ4v) is 3.57. The van der Waals surface area contributed by atoms with Gasteiger partial charge in [-0.05, 0) is 70.8 Å². The molecule has 182 valence electrons. The Morgan fingerprint density at radius 1 is 1.33 bits per heavy atom. The van der Waals surface area contributed by atoms with Crippen molar-refractivity contribution in [2.24, 2.45) is 20.9 Å². The Morgan fingerprint density at radius 3 is 2.70 bits per heavy atom. The maximum absolute atomic E-state index is 14.5. The van der Waals surface area contributed by atoms with E-state index in [9.17, 15) is 8.78 Å². The van der Waals surface area contributed by atoms with Crippen molar-refractivity contribution in [3.05, 3.63) is 41.1 Å². The van der Waals surface area contributed by atoms with Crippen LogP contribution in [0.1, 0.15) is 51.5 Å². The Labute approximate surface area is 195 Å². The molecule has 1 aliphatic rings. The van der Waals surface area contributed by atoms with Crippen LogP contribution in [-0.4, -0.2) is 58.2 Å². The molecule has 8 heteroatoms. The molecule has 0 saturated carbocycles. The third-order valence-corrected chi connectivity index (χ3v) is 5.45. The summed E-state index contributed by atoms with van der Waals surface area (Å²) in [7, 11) is 1.94. The zero-order valence-corrected chi connectivity index (χ0v) is 19.9. The van der Waals surface area contributed by atoms with E-state index in [1.807, 2.05) is 13.3 Å². The van der Waals surface area contributed by atoms with E-state index in [1.54, 1.807) is 13.1 Å². The smallest absolute Gasteiger partial charge is 0.222 e. The quantitative estimate of drug-likeness (QED) is 0.296. The number of hydrogen-bond donors (Lipinski definition) is 1. The van der Waals surface area contributed by atoms with E-state index in [0.717, 1.165) is 50.8 Å². The van der Waals surface area contributed by atoms with Gasteiger partial charge >= 0.3 is 0 Å². The summed E-state index contributed by atoms with van der Waals surface area (Å²) in [6, 6.07) is 2.38. The molecule has 1 aromatic rings. The molecule has 0 aliphatic carbocycles. The lowest BCUT2D eigenvalue weighted by Crippen LogP contribution is -2.15. The first kappa shape index (κ1) is 26.6. The SMILES string of the molecule is C=N/C=C(\C=N/CCC(CCCOc1cc(F)c(C2=NCC(C)O2)c(F)c1)CCNC)CC. The van der Waals surface area contributed by atoms with Crippen LogP contribution in [0.3, 0.4) is 0 Å². The topological polar surface area (TPSA) is 67.6 Å². The normalized spacial score (nSPS) is 17.2. The zero-order valence-electron chi connectivity index (χ0n) is 19.9. The lowest BCUT2D eigenvalue weighted by molar-refractivity contribution is 0.244. The minimum Gasteiger partial charge on any atom is -0.493 e. The molecule has 1 aliphatic heterocycles. The van der Waals surface area contributed by atoms with Crippen LogP contribution < -0.4 is 10.1 Å². The summed E-state index contributed by atoms with van der Waals surface area (Å²) in [6.07, 6.45) is 8.03. The van der Waals surface area contributed by atoms with Gasteiger partial charge in [-0.1, -0.05) is 6.92 Å². The first-order valence-electron chi connectivity index (χ1n) is 11.6. The first-order valence-corrected chi connectivity index (χ1v) is 11.6. The van der Waals surface area contributed by atoms with Gasteiger partial charge in [0, 0.05) is 31.1 Å². The number of rotatable bonds is 15. The summed E-state index contributed by atoms with van der Waals surface area (Å²) in [5.41, 5.74) is 0.820. The van der Waals surface area contributed by atoms with Crippen molar-refractivity contribution in [2.75, 3.05) is 33.3 Å². The molecule has 1 aromatic carbocycles. The van der Waals surface area contributed by atoms with Gasteiger partial charge < -0.3 is 14.8 Å². The minimum absolute atomic E-state index is 0.0152. The molecule has 0 saturated heterocycles. The standard InChI is InChI=1S/C25H36F2N4O2/c1-5-19(16-29-4)17-30-11-9-20(8-10-28-3)7-6-12-32-21-13-22(26)24(23(27)14-21)25-31-15-18(2)33-25/h13-14,16-18,20,28H,4-12,15H2,1-3H3/b19-16-,30-17-. The molecule has 2 rings (SSSR count). The maximum atomic E-state index is 14.5. The van der Waals surface area contributed by atoms with E-state index in [4.69, 9.17) is 9.47 Å². The summed E-state index contributed by atoms with van der Waals surface area (Å²) in [6.45, 7) is 9.80. The second kappa shape index (κ2) is 14.5. The highest BCUT2D eigenvalue weighted by atomic mass is 19.1. The van der Waals surface area contributed by atoms with Crippen LogP contribution in [0.2, 0.25) is 0 Å². The molecule has 0 aromatic heterocycles. The van der Waals surface area contributed by atoms with E-state index >= 15 is 0 Å². The molecule has 0 spiro atoms. The van der Waals surface area contributed by atoms with Gasteiger partial charge in [-0.2, -0.15) is 0 Å². The van der Waals surface area contributed by atoms with Crippen molar-refractivity contribution in [3.8, 4) is 5.75 Å². The number of benzene rings is 1. The molecule has 1 N–H and O–H groups in total. The van der Waals surface area contributed by atoms with Crippen molar-refractivity contribution < 1.29 is 18.3 Å².